The topological polar surface area (TPSA) is 114 Å². The Hall–Kier alpha value is -1.52. The number of likely N-dealkylation sites (N-methyl/N-ethyl adjacent to an activating group) is 1. The minimum absolute atomic E-state index is 0. The van der Waals surface area contributed by atoms with E-state index in [0.717, 1.165) is 51.6 Å². The number of carbonyl (C=O) groups excluding carboxylic acids is 2. The fraction of sp³-hybridized carbons (Fsp3) is 0.680. The van der Waals surface area contributed by atoms with E-state index in [1.54, 1.807) is 0 Å². The summed E-state index contributed by atoms with van der Waals surface area (Å²) in [4.78, 5) is 26.4. The van der Waals surface area contributed by atoms with E-state index in [2.05, 4.69) is 10.6 Å². The number of aliphatic hydroxyl groups is 1. The molecule has 2 heterocycles. The number of hydrogen-bond acceptors (Lipinski definition) is 6. The molecule has 9 heteroatoms. The second kappa shape index (κ2) is 11.5. The highest BCUT2D eigenvalue weighted by Crippen LogP contribution is 2.42. The van der Waals surface area contributed by atoms with Crippen molar-refractivity contribution < 1.29 is 40.9 Å². The average Bonchev–Trinajstić information content (AvgIpc) is 3.20. The number of rotatable bonds is 7. The molecule has 190 valence electrons. The molecule has 1 aliphatic carbocycles. The van der Waals surface area contributed by atoms with E-state index in [0.29, 0.717) is 25.1 Å². The molecule has 0 spiro atoms. The van der Waals surface area contributed by atoms with Crippen LogP contribution in [0.25, 0.3) is 0 Å². The Bertz CT molecular complexity index is 831. The molecule has 8 nitrogen and oxygen atoms in total. The fourth-order valence-electron chi connectivity index (χ4n) is 6.29. The second-order valence-electron chi connectivity index (χ2n) is 10.2. The van der Waals surface area contributed by atoms with Crippen LogP contribution >= 0.6 is 0 Å². The molecule has 4 rings (SSSR count). The van der Waals surface area contributed by atoms with Crippen LogP contribution in [0.2, 0.25) is 0 Å². The smallest absolute Gasteiger partial charge is 0.347 e. The van der Waals surface area contributed by atoms with Crippen LogP contribution in [0.1, 0.15) is 50.5 Å². The third-order valence-electron chi connectivity index (χ3n) is 8.09. The van der Waals surface area contributed by atoms with E-state index in [4.69, 9.17) is 10.5 Å². The molecule has 5 unspecified atom stereocenters. The Kier molecular flexibility index (Phi) is 9.14. The van der Waals surface area contributed by atoms with Gasteiger partial charge in [0.05, 0.1) is 19.6 Å². The summed E-state index contributed by atoms with van der Waals surface area (Å²) in [5.41, 5.74) is 4.80. The molecule has 5 N–H and O–H groups in total. The van der Waals surface area contributed by atoms with Crippen LogP contribution in [-0.2, 0) is 19.9 Å². The molecule has 3 aliphatic rings. The molecule has 2 aliphatic heterocycles. The van der Waals surface area contributed by atoms with Crippen molar-refractivity contribution >= 4 is 11.9 Å². The number of hydrogen-bond donors (Lipinski definition) is 4. The van der Waals surface area contributed by atoms with Gasteiger partial charge in [-0.25, -0.2) is 4.79 Å². The van der Waals surface area contributed by atoms with E-state index in [1.165, 1.54) is 0 Å². The zero-order valence-electron chi connectivity index (χ0n) is 20.0. The molecule has 0 aromatic heterocycles. The van der Waals surface area contributed by atoms with Gasteiger partial charge in [0.2, 0.25) is 6.23 Å². The highest BCUT2D eigenvalue weighted by Gasteiger charge is 2.55. The van der Waals surface area contributed by atoms with Crippen LogP contribution in [0.5, 0.6) is 0 Å². The normalized spacial score (nSPS) is 30.5. The van der Waals surface area contributed by atoms with Gasteiger partial charge >= 0.3 is 5.97 Å². The van der Waals surface area contributed by atoms with Gasteiger partial charge in [-0.1, -0.05) is 49.6 Å². The van der Waals surface area contributed by atoms with Crippen molar-refractivity contribution in [2.45, 2.75) is 68.9 Å². The zero-order valence-corrected chi connectivity index (χ0v) is 21.6. The summed E-state index contributed by atoms with van der Waals surface area (Å²) in [6.45, 7) is 2.93. The van der Waals surface area contributed by atoms with Crippen LogP contribution in [-0.4, -0.2) is 73.0 Å². The van der Waals surface area contributed by atoms with Crippen LogP contribution in [0.15, 0.2) is 30.3 Å². The third kappa shape index (κ3) is 5.18. The zero-order chi connectivity index (χ0) is 23.5. The van der Waals surface area contributed by atoms with Crippen molar-refractivity contribution in [3.63, 3.8) is 0 Å². The number of nitrogens with two attached hydrogens (primary N) is 1. The Morgan fingerprint density at radius 3 is 2.44 bits per heavy atom. The SMILES string of the molecule is C[N+]1(C(C(N)=O)C2CNCCN2)CCCC1OC(=O)C(O)(c1ccccc1)C1CCCCC1.[Br-]. The van der Waals surface area contributed by atoms with Crippen molar-refractivity contribution in [3.05, 3.63) is 35.9 Å². The maximum atomic E-state index is 13.8. The van der Waals surface area contributed by atoms with Gasteiger partial charge in [0.15, 0.2) is 11.6 Å². The number of nitrogens with zero attached hydrogens (tertiary/aromatic N) is 1. The number of likely N-dealkylation sites (tertiary alicyclic amines) is 1. The van der Waals surface area contributed by atoms with E-state index in [1.807, 2.05) is 37.4 Å². The summed E-state index contributed by atoms with van der Waals surface area (Å²) < 4.78 is 6.40. The van der Waals surface area contributed by atoms with Gasteiger partial charge in [-0.05, 0) is 18.4 Å². The largest absolute Gasteiger partial charge is 1.00 e. The molecule has 1 saturated carbocycles. The number of esters is 1. The number of ether oxygens (including phenoxy) is 1. The first-order valence-electron chi connectivity index (χ1n) is 12.4. The molecule has 0 radical (unpaired) electrons. The number of amides is 1. The van der Waals surface area contributed by atoms with Crippen molar-refractivity contribution in [2.24, 2.45) is 11.7 Å². The minimum Gasteiger partial charge on any atom is -1.00 e. The van der Waals surface area contributed by atoms with E-state index in [9.17, 15) is 14.7 Å². The van der Waals surface area contributed by atoms with Crippen LogP contribution < -0.4 is 33.3 Å². The summed E-state index contributed by atoms with van der Waals surface area (Å²) >= 11 is 0. The molecular weight excluding hydrogens is 500 g/mol. The summed E-state index contributed by atoms with van der Waals surface area (Å²) in [7, 11) is 1.96. The Morgan fingerprint density at radius 2 is 1.82 bits per heavy atom. The van der Waals surface area contributed by atoms with Crippen LogP contribution in [0, 0.1) is 5.92 Å². The molecule has 2 saturated heterocycles. The van der Waals surface area contributed by atoms with Gasteiger partial charge < -0.3 is 43.2 Å². The van der Waals surface area contributed by atoms with Crippen molar-refractivity contribution in [1.82, 2.24) is 10.6 Å². The minimum atomic E-state index is -1.69. The maximum Gasteiger partial charge on any atom is 0.347 e. The quantitative estimate of drug-likeness (QED) is 0.235. The molecule has 0 bridgehead atoms. The lowest BCUT2D eigenvalue weighted by Gasteiger charge is -2.45. The molecule has 1 amide bonds. The predicted molar refractivity (Wildman–Crippen MR) is 125 cm³/mol. The second-order valence-corrected chi connectivity index (χ2v) is 10.2. The Labute approximate surface area is 213 Å². The summed E-state index contributed by atoms with van der Waals surface area (Å²) in [6, 6.07) is 8.52. The van der Waals surface area contributed by atoms with Gasteiger partial charge in [-0.3, -0.25) is 9.28 Å². The van der Waals surface area contributed by atoms with Gasteiger partial charge in [0.1, 0.15) is 0 Å². The number of nitrogens with one attached hydrogen (secondary N) is 2. The lowest BCUT2D eigenvalue weighted by molar-refractivity contribution is -0.955. The van der Waals surface area contributed by atoms with E-state index < -0.39 is 29.7 Å². The maximum absolute atomic E-state index is 13.8. The highest BCUT2D eigenvalue weighted by atomic mass is 79.9. The number of piperazine rings is 1. The van der Waals surface area contributed by atoms with E-state index in [-0.39, 0.29) is 33.4 Å². The predicted octanol–water partition coefficient (Wildman–Crippen LogP) is -2.02. The third-order valence-corrected chi connectivity index (χ3v) is 8.09. The number of primary amides is 1. The fourth-order valence-corrected chi connectivity index (χ4v) is 6.29. The summed E-state index contributed by atoms with van der Waals surface area (Å²) in [6.07, 6.45) is 5.63. The number of halogens is 1. The summed E-state index contributed by atoms with van der Waals surface area (Å²) in [5, 5.41) is 18.7. The Morgan fingerprint density at radius 1 is 1.12 bits per heavy atom. The Balaban J connectivity index is 0.00000324. The van der Waals surface area contributed by atoms with Gasteiger partial charge in [-0.15, -0.1) is 0 Å². The average molecular weight is 540 g/mol. The molecule has 34 heavy (non-hydrogen) atoms. The van der Waals surface area contributed by atoms with Crippen LogP contribution in [0.4, 0.5) is 0 Å². The van der Waals surface area contributed by atoms with Crippen molar-refractivity contribution in [3.8, 4) is 0 Å². The molecule has 3 fully saturated rings. The molecular formula is C25H39BrN4O4. The van der Waals surface area contributed by atoms with Gasteiger partial charge in [0, 0.05) is 38.4 Å². The highest BCUT2D eigenvalue weighted by molar-refractivity contribution is 5.82. The lowest BCUT2D eigenvalue weighted by Crippen LogP contribution is -3.00. The first-order valence-corrected chi connectivity index (χ1v) is 12.4. The number of carbonyl (C=O) groups is 2. The number of quaternary nitrogens is 1. The van der Waals surface area contributed by atoms with Gasteiger partial charge in [0.25, 0.3) is 5.91 Å². The lowest BCUT2D eigenvalue weighted by atomic mass is 9.73. The van der Waals surface area contributed by atoms with Crippen LogP contribution in [0.3, 0.4) is 0 Å². The standard InChI is InChI=1S/C25H38N4O4.BrH/c1-29(22(23(26)30)20-17-27-14-15-28-20)16-8-13-21(29)33-24(31)25(32,18-9-4-2-5-10-18)19-11-6-3-7-12-19;/h2,4-5,9-10,19-22,27-28,32H,3,6-8,11-17H2,1H3,(H-,26,30);1H. The monoisotopic (exact) mass is 538 g/mol. The molecule has 1 aromatic carbocycles. The number of benzene rings is 1. The van der Waals surface area contributed by atoms with Gasteiger partial charge in [-0.2, -0.15) is 0 Å². The van der Waals surface area contributed by atoms with Crippen molar-refractivity contribution in [2.75, 3.05) is 33.2 Å². The molecule has 5 atom stereocenters. The molecule has 1 aromatic rings. The summed E-state index contributed by atoms with van der Waals surface area (Å²) in [5.74, 6) is -1.18. The van der Waals surface area contributed by atoms with E-state index >= 15 is 0 Å². The first-order chi connectivity index (χ1) is 15.9. The van der Waals surface area contributed by atoms with Crippen molar-refractivity contribution in [1.29, 1.82) is 0 Å². The first kappa shape index (κ1) is 27.1.